The number of quaternary nitrogens is 1. The minimum absolute atomic E-state index is 0.00293. The number of aryl methyl sites for hydroxylation is 1. The quantitative estimate of drug-likeness (QED) is 0.735. The van der Waals surface area contributed by atoms with Gasteiger partial charge in [0.15, 0.2) is 5.76 Å². The highest BCUT2D eigenvalue weighted by molar-refractivity contribution is 7.09. The summed E-state index contributed by atoms with van der Waals surface area (Å²) in [6.07, 6.45) is 0. The number of ether oxygens (including phenoxy) is 1. The van der Waals surface area contributed by atoms with Gasteiger partial charge in [-0.3, -0.25) is 4.79 Å². The van der Waals surface area contributed by atoms with E-state index in [0.29, 0.717) is 12.4 Å². The Bertz CT molecular complexity index is 924. The Morgan fingerprint density at radius 1 is 1.30 bits per heavy atom. The molecule has 0 saturated carbocycles. The van der Waals surface area contributed by atoms with Crippen LogP contribution in [0, 0.1) is 6.92 Å². The first-order chi connectivity index (χ1) is 13.2. The molecule has 1 aliphatic rings. The zero-order chi connectivity index (χ0) is 18.8. The van der Waals surface area contributed by atoms with E-state index in [-0.39, 0.29) is 5.91 Å². The van der Waals surface area contributed by atoms with Gasteiger partial charge in [0.2, 0.25) is 0 Å². The Balaban J connectivity index is 1.46. The lowest BCUT2D eigenvalue weighted by atomic mass is 10.1. The number of hydrogen-bond acceptors (Lipinski definition) is 4. The summed E-state index contributed by atoms with van der Waals surface area (Å²) in [5.41, 5.74) is 1.63. The second kappa shape index (κ2) is 7.74. The zero-order valence-electron chi connectivity index (χ0n) is 15.8. The van der Waals surface area contributed by atoms with E-state index in [1.807, 2.05) is 36.9 Å². The van der Waals surface area contributed by atoms with Crippen LogP contribution < -0.4 is 9.64 Å². The van der Waals surface area contributed by atoms with Crippen molar-refractivity contribution < 1.29 is 18.8 Å². The van der Waals surface area contributed by atoms with Gasteiger partial charge in [0.1, 0.15) is 17.9 Å². The number of amides is 1. The fourth-order valence-corrected chi connectivity index (χ4v) is 4.44. The Morgan fingerprint density at radius 2 is 2.11 bits per heavy atom. The number of nitrogens with zero attached hydrogens (tertiary/aromatic N) is 1. The lowest BCUT2D eigenvalue weighted by molar-refractivity contribution is -0.917. The van der Waals surface area contributed by atoms with Crippen LogP contribution in [0.1, 0.15) is 27.9 Å². The molecule has 1 aliphatic heterocycles. The number of rotatable bonds is 5. The van der Waals surface area contributed by atoms with Gasteiger partial charge in [-0.15, -0.1) is 11.3 Å². The van der Waals surface area contributed by atoms with E-state index in [1.165, 1.54) is 9.78 Å². The van der Waals surface area contributed by atoms with Crippen molar-refractivity contribution in [3.8, 4) is 5.75 Å². The van der Waals surface area contributed by atoms with Gasteiger partial charge in [-0.05, 0) is 43.5 Å². The molecular formula is C21H25N2O3S+. The number of carbonyl (C=O) groups excluding carboxylic acids is 1. The molecular weight excluding hydrogens is 360 g/mol. The van der Waals surface area contributed by atoms with Crippen LogP contribution >= 0.6 is 11.3 Å². The number of hydrogen-bond donors (Lipinski definition) is 1. The summed E-state index contributed by atoms with van der Waals surface area (Å²) in [6, 6.07) is 10.0. The molecule has 0 bridgehead atoms. The average molecular weight is 386 g/mol. The monoisotopic (exact) mass is 385 g/mol. The predicted molar refractivity (Wildman–Crippen MR) is 107 cm³/mol. The van der Waals surface area contributed by atoms with Gasteiger partial charge in [0.05, 0.1) is 37.7 Å². The van der Waals surface area contributed by atoms with Crippen LogP contribution in [-0.4, -0.2) is 43.6 Å². The summed E-state index contributed by atoms with van der Waals surface area (Å²) < 4.78 is 11.5. The minimum Gasteiger partial charge on any atom is -0.494 e. The number of benzene rings is 1. The van der Waals surface area contributed by atoms with Gasteiger partial charge >= 0.3 is 0 Å². The SMILES string of the molecule is CCOc1ccc2oc(C(=O)N3CC[NH+](Cc4cccs4)CC3)c(C)c2c1. The standard InChI is InChI=1S/C21H24N2O3S/c1-3-25-16-6-7-19-18(13-16)15(2)20(26-19)21(24)23-10-8-22(9-11-23)14-17-5-4-12-27-17/h4-7,12-13H,3,8-11,14H2,1-2H3/p+1. The smallest absolute Gasteiger partial charge is 0.290 e. The Kier molecular flexibility index (Phi) is 5.18. The molecule has 0 aliphatic carbocycles. The van der Waals surface area contributed by atoms with Crippen molar-refractivity contribution >= 4 is 28.2 Å². The molecule has 0 radical (unpaired) electrons. The maximum atomic E-state index is 13.0. The van der Waals surface area contributed by atoms with Crippen LogP contribution in [-0.2, 0) is 6.54 Å². The van der Waals surface area contributed by atoms with Gasteiger partial charge < -0.3 is 19.0 Å². The third-order valence-corrected chi connectivity index (χ3v) is 6.05. The van der Waals surface area contributed by atoms with Crippen molar-refractivity contribution in [1.29, 1.82) is 0 Å². The molecule has 6 heteroatoms. The Labute approximate surface area is 163 Å². The summed E-state index contributed by atoms with van der Waals surface area (Å²) in [5.74, 6) is 1.26. The Hall–Kier alpha value is -2.31. The summed E-state index contributed by atoms with van der Waals surface area (Å²) in [4.78, 5) is 17.9. The number of thiophene rings is 1. The molecule has 5 nitrogen and oxygen atoms in total. The van der Waals surface area contributed by atoms with Crippen molar-refractivity contribution in [3.05, 3.63) is 51.9 Å². The van der Waals surface area contributed by atoms with Crippen LogP contribution in [0.2, 0.25) is 0 Å². The van der Waals surface area contributed by atoms with Crippen LogP contribution in [0.5, 0.6) is 5.75 Å². The minimum atomic E-state index is -0.00293. The van der Waals surface area contributed by atoms with Crippen molar-refractivity contribution in [3.63, 3.8) is 0 Å². The van der Waals surface area contributed by atoms with E-state index < -0.39 is 0 Å². The molecule has 0 unspecified atom stereocenters. The molecule has 1 saturated heterocycles. The first-order valence-corrected chi connectivity index (χ1v) is 10.3. The summed E-state index contributed by atoms with van der Waals surface area (Å²) >= 11 is 1.80. The lowest BCUT2D eigenvalue weighted by Crippen LogP contribution is -3.13. The molecule has 3 aromatic rings. The van der Waals surface area contributed by atoms with E-state index in [1.54, 1.807) is 11.3 Å². The summed E-state index contributed by atoms with van der Waals surface area (Å²) in [6.45, 7) is 9.04. The molecule has 0 atom stereocenters. The van der Waals surface area contributed by atoms with Crippen molar-refractivity contribution in [2.75, 3.05) is 32.8 Å². The first-order valence-electron chi connectivity index (χ1n) is 9.47. The summed E-state index contributed by atoms with van der Waals surface area (Å²) in [7, 11) is 0. The fraction of sp³-hybridized carbons (Fsp3) is 0.381. The second-order valence-corrected chi connectivity index (χ2v) is 7.98. The van der Waals surface area contributed by atoms with E-state index >= 15 is 0 Å². The van der Waals surface area contributed by atoms with Gasteiger partial charge in [-0.1, -0.05) is 6.07 Å². The molecule has 1 amide bonds. The maximum absolute atomic E-state index is 13.0. The maximum Gasteiger partial charge on any atom is 0.290 e. The fourth-order valence-electron chi connectivity index (χ4n) is 3.67. The van der Waals surface area contributed by atoms with E-state index in [4.69, 9.17) is 9.15 Å². The van der Waals surface area contributed by atoms with E-state index in [2.05, 4.69) is 17.5 Å². The number of nitrogens with one attached hydrogen (secondary N) is 1. The second-order valence-electron chi connectivity index (χ2n) is 6.95. The molecule has 4 rings (SSSR count). The highest BCUT2D eigenvalue weighted by atomic mass is 32.1. The highest BCUT2D eigenvalue weighted by Gasteiger charge is 2.28. The van der Waals surface area contributed by atoms with Crippen LogP contribution in [0.4, 0.5) is 0 Å². The van der Waals surface area contributed by atoms with Gasteiger partial charge in [-0.2, -0.15) is 0 Å². The van der Waals surface area contributed by atoms with Crippen LogP contribution in [0.15, 0.2) is 40.1 Å². The molecule has 27 heavy (non-hydrogen) atoms. The number of furan rings is 1. The van der Waals surface area contributed by atoms with Crippen LogP contribution in [0.3, 0.4) is 0 Å². The first kappa shape index (κ1) is 18.1. The molecule has 0 spiro atoms. The predicted octanol–water partition coefficient (Wildman–Crippen LogP) is 2.74. The van der Waals surface area contributed by atoms with Gasteiger partial charge in [0, 0.05) is 10.9 Å². The van der Waals surface area contributed by atoms with Crippen LogP contribution in [0.25, 0.3) is 11.0 Å². The molecule has 2 aromatic heterocycles. The molecule has 142 valence electrons. The number of fused-ring (bicyclic) bond motifs is 1. The third-order valence-electron chi connectivity index (χ3n) is 5.17. The highest BCUT2D eigenvalue weighted by Crippen LogP contribution is 2.29. The lowest BCUT2D eigenvalue weighted by Gasteiger charge is -2.31. The van der Waals surface area contributed by atoms with Crippen molar-refractivity contribution in [1.82, 2.24) is 4.90 Å². The van der Waals surface area contributed by atoms with E-state index in [9.17, 15) is 4.79 Å². The average Bonchev–Trinajstić information content (AvgIpc) is 3.30. The Morgan fingerprint density at radius 3 is 2.81 bits per heavy atom. The summed E-state index contributed by atoms with van der Waals surface area (Å²) in [5, 5.41) is 3.07. The largest absolute Gasteiger partial charge is 0.494 e. The molecule has 3 heterocycles. The molecule has 1 fully saturated rings. The normalized spacial score (nSPS) is 15.4. The topological polar surface area (TPSA) is 47.1 Å². The molecule has 1 aromatic carbocycles. The van der Waals surface area contributed by atoms with Gasteiger partial charge in [0.25, 0.3) is 5.91 Å². The zero-order valence-corrected chi connectivity index (χ0v) is 16.6. The third kappa shape index (κ3) is 3.73. The number of carbonyl (C=O) groups is 1. The van der Waals surface area contributed by atoms with Gasteiger partial charge in [-0.25, -0.2) is 0 Å². The number of piperazine rings is 1. The van der Waals surface area contributed by atoms with Crippen molar-refractivity contribution in [2.24, 2.45) is 0 Å². The molecule has 1 N–H and O–H groups in total. The van der Waals surface area contributed by atoms with E-state index in [0.717, 1.165) is 55.0 Å². The van der Waals surface area contributed by atoms with Crippen molar-refractivity contribution in [2.45, 2.75) is 20.4 Å².